The van der Waals surface area contributed by atoms with E-state index in [-0.39, 0.29) is 17.3 Å². The lowest BCUT2D eigenvalue weighted by atomic mass is 10.2. The highest BCUT2D eigenvalue weighted by atomic mass is 32.2. The molecule has 2 aromatic rings. The van der Waals surface area contributed by atoms with E-state index in [9.17, 15) is 13.2 Å². The number of pyridine rings is 1. The third-order valence-corrected chi connectivity index (χ3v) is 7.10. The number of sulfonamides is 1. The number of aromatic nitrogens is 1. The van der Waals surface area contributed by atoms with Crippen LogP contribution in [-0.2, 0) is 14.8 Å². The van der Waals surface area contributed by atoms with E-state index in [2.05, 4.69) is 4.98 Å². The van der Waals surface area contributed by atoms with Crippen LogP contribution in [0.15, 0.2) is 59.8 Å². The molecule has 148 valence electrons. The largest absolute Gasteiger partial charge is 0.487 e. The Kier molecular flexibility index (Phi) is 5.32. The predicted octanol–water partition coefficient (Wildman–Crippen LogP) is 1.91. The number of likely N-dealkylation sites (tertiary alicyclic amines) is 1. The van der Waals surface area contributed by atoms with Gasteiger partial charge in [-0.1, -0.05) is 18.2 Å². The quantitative estimate of drug-likeness (QED) is 0.765. The van der Waals surface area contributed by atoms with Crippen molar-refractivity contribution in [2.24, 2.45) is 0 Å². The van der Waals surface area contributed by atoms with Gasteiger partial charge >= 0.3 is 0 Å². The van der Waals surface area contributed by atoms with E-state index in [0.717, 1.165) is 12.8 Å². The summed E-state index contributed by atoms with van der Waals surface area (Å²) in [5.74, 6) is 0.438. The molecular weight excluding hydrogens is 378 g/mol. The minimum absolute atomic E-state index is 0.130. The zero-order chi connectivity index (χ0) is 19.6. The Morgan fingerprint density at radius 3 is 2.50 bits per heavy atom. The monoisotopic (exact) mass is 401 g/mol. The molecule has 4 rings (SSSR count). The number of amides is 1. The van der Waals surface area contributed by atoms with Crippen LogP contribution in [0.5, 0.6) is 5.75 Å². The molecule has 0 bridgehead atoms. The van der Waals surface area contributed by atoms with Crippen LogP contribution in [0.2, 0.25) is 0 Å². The molecule has 3 heterocycles. The van der Waals surface area contributed by atoms with Crippen molar-refractivity contribution in [3.05, 3.63) is 54.9 Å². The molecule has 2 aliphatic rings. The molecule has 2 saturated heterocycles. The van der Waals surface area contributed by atoms with Gasteiger partial charge in [0.25, 0.3) is 0 Å². The van der Waals surface area contributed by atoms with Gasteiger partial charge in [0.15, 0.2) is 0 Å². The summed E-state index contributed by atoms with van der Waals surface area (Å²) in [5.41, 5.74) is 0. The summed E-state index contributed by atoms with van der Waals surface area (Å²) in [5, 5.41) is 0. The van der Waals surface area contributed by atoms with Gasteiger partial charge in [-0.2, -0.15) is 4.31 Å². The van der Waals surface area contributed by atoms with Gasteiger partial charge in [0, 0.05) is 25.7 Å². The van der Waals surface area contributed by atoms with Gasteiger partial charge in [0.05, 0.1) is 17.6 Å². The standard InChI is InChI=1S/C20H23N3O4S/c24-20(22-11-4-5-12-22)19-13-17(27-16-7-6-10-21-14-16)15-23(19)28(25,26)18-8-2-1-3-9-18/h1-3,6-10,14,17,19H,4-5,11-13,15H2/t17-,19-/m0/s1. The zero-order valence-corrected chi connectivity index (χ0v) is 16.3. The molecule has 0 spiro atoms. The number of hydrogen-bond donors (Lipinski definition) is 0. The van der Waals surface area contributed by atoms with Crippen molar-refractivity contribution >= 4 is 15.9 Å². The lowest BCUT2D eigenvalue weighted by molar-refractivity contribution is -0.133. The average Bonchev–Trinajstić information content (AvgIpc) is 3.39. The third-order valence-electron chi connectivity index (χ3n) is 5.21. The molecule has 1 aromatic carbocycles. The molecule has 28 heavy (non-hydrogen) atoms. The van der Waals surface area contributed by atoms with E-state index < -0.39 is 22.2 Å². The first-order valence-electron chi connectivity index (χ1n) is 9.48. The first kappa shape index (κ1) is 18.9. The van der Waals surface area contributed by atoms with Gasteiger partial charge in [-0.25, -0.2) is 8.42 Å². The van der Waals surface area contributed by atoms with Crippen LogP contribution in [0.4, 0.5) is 0 Å². The van der Waals surface area contributed by atoms with Gasteiger partial charge in [0.1, 0.15) is 17.9 Å². The van der Waals surface area contributed by atoms with E-state index in [4.69, 9.17) is 4.74 Å². The molecule has 2 aliphatic heterocycles. The van der Waals surface area contributed by atoms with Crippen LogP contribution < -0.4 is 4.74 Å². The molecule has 1 aromatic heterocycles. The maximum Gasteiger partial charge on any atom is 0.243 e. The van der Waals surface area contributed by atoms with Crippen LogP contribution in [0.3, 0.4) is 0 Å². The Hall–Kier alpha value is -2.45. The Labute approximate surface area is 165 Å². The summed E-state index contributed by atoms with van der Waals surface area (Å²) in [6.07, 6.45) is 5.08. The molecule has 0 unspecified atom stereocenters. The van der Waals surface area contributed by atoms with Gasteiger partial charge in [-0.15, -0.1) is 0 Å². The van der Waals surface area contributed by atoms with Crippen LogP contribution in [-0.4, -0.2) is 60.3 Å². The van der Waals surface area contributed by atoms with Crippen molar-refractivity contribution < 1.29 is 17.9 Å². The molecule has 0 saturated carbocycles. The summed E-state index contributed by atoms with van der Waals surface area (Å²) in [4.78, 5) is 19.1. The molecule has 0 aliphatic carbocycles. The fourth-order valence-electron chi connectivity index (χ4n) is 3.83. The topological polar surface area (TPSA) is 79.8 Å². The second kappa shape index (κ2) is 7.89. The molecule has 8 heteroatoms. The number of nitrogens with zero attached hydrogens (tertiary/aromatic N) is 3. The molecule has 0 N–H and O–H groups in total. The minimum Gasteiger partial charge on any atom is -0.487 e. The van der Waals surface area contributed by atoms with Gasteiger partial charge < -0.3 is 9.64 Å². The third kappa shape index (κ3) is 3.74. The Morgan fingerprint density at radius 1 is 1.07 bits per heavy atom. The van der Waals surface area contributed by atoms with Crippen LogP contribution in [0.1, 0.15) is 19.3 Å². The average molecular weight is 401 g/mol. The fourth-order valence-corrected chi connectivity index (χ4v) is 5.48. The highest BCUT2D eigenvalue weighted by Gasteiger charge is 2.46. The van der Waals surface area contributed by atoms with E-state index in [1.165, 1.54) is 4.31 Å². The lowest BCUT2D eigenvalue weighted by Crippen LogP contribution is -2.46. The van der Waals surface area contributed by atoms with E-state index in [0.29, 0.717) is 25.3 Å². The van der Waals surface area contributed by atoms with E-state index in [1.54, 1.807) is 59.8 Å². The molecule has 1 amide bonds. The van der Waals surface area contributed by atoms with Crippen LogP contribution >= 0.6 is 0 Å². The molecule has 2 atom stereocenters. The van der Waals surface area contributed by atoms with Crippen molar-refractivity contribution in [2.45, 2.75) is 36.3 Å². The number of hydrogen-bond acceptors (Lipinski definition) is 5. The number of rotatable bonds is 5. The summed E-state index contributed by atoms with van der Waals surface area (Å²) in [7, 11) is -3.80. The first-order chi connectivity index (χ1) is 13.6. The Balaban J connectivity index is 1.61. The van der Waals surface area contributed by atoms with Crippen LogP contribution in [0.25, 0.3) is 0 Å². The Morgan fingerprint density at radius 2 is 1.82 bits per heavy atom. The van der Waals surface area contributed by atoms with E-state index >= 15 is 0 Å². The smallest absolute Gasteiger partial charge is 0.243 e. The van der Waals surface area contributed by atoms with Crippen molar-refractivity contribution in [3.63, 3.8) is 0 Å². The SMILES string of the molecule is O=C([C@@H]1C[C@H](Oc2cccnc2)CN1S(=O)(=O)c1ccccc1)N1CCCC1. The predicted molar refractivity (Wildman–Crippen MR) is 103 cm³/mol. The highest BCUT2D eigenvalue weighted by Crippen LogP contribution is 2.30. The fraction of sp³-hybridized carbons (Fsp3) is 0.400. The lowest BCUT2D eigenvalue weighted by Gasteiger charge is -2.26. The summed E-state index contributed by atoms with van der Waals surface area (Å²) in [6.45, 7) is 1.50. The number of carbonyl (C=O) groups is 1. The van der Waals surface area contributed by atoms with Crippen LogP contribution in [0, 0.1) is 0 Å². The van der Waals surface area contributed by atoms with Crippen molar-refractivity contribution in [2.75, 3.05) is 19.6 Å². The maximum absolute atomic E-state index is 13.2. The zero-order valence-electron chi connectivity index (χ0n) is 15.5. The van der Waals surface area contributed by atoms with Gasteiger partial charge in [0.2, 0.25) is 15.9 Å². The van der Waals surface area contributed by atoms with Gasteiger partial charge in [-0.3, -0.25) is 9.78 Å². The molecule has 0 radical (unpaired) electrons. The first-order valence-corrected chi connectivity index (χ1v) is 10.9. The van der Waals surface area contributed by atoms with Crippen molar-refractivity contribution in [3.8, 4) is 5.75 Å². The second-order valence-electron chi connectivity index (χ2n) is 7.10. The normalized spacial score (nSPS) is 23.1. The summed E-state index contributed by atoms with van der Waals surface area (Å²) in [6, 6.07) is 11.0. The number of carbonyl (C=O) groups excluding carboxylic acids is 1. The van der Waals surface area contributed by atoms with Gasteiger partial charge in [-0.05, 0) is 37.1 Å². The Bertz CT molecular complexity index is 915. The second-order valence-corrected chi connectivity index (χ2v) is 8.99. The highest BCUT2D eigenvalue weighted by molar-refractivity contribution is 7.89. The summed E-state index contributed by atoms with van der Waals surface area (Å²) < 4.78 is 33.7. The van der Waals surface area contributed by atoms with Crippen molar-refractivity contribution in [1.29, 1.82) is 0 Å². The van der Waals surface area contributed by atoms with Crippen molar-refractivity contribution in [1.82, 2.24) is 14.2 Å². The molecule has 2 fully saturated rings. The van der Waals surface area contributed by atoms with E-state index in [1.807, 2.05) is 0 Å². The molecular formula is C20H23N3O4S. The maximum atomic E-state index is 13.2. The number of ether oxygens (including phenoxy) is 1. The molecule has 7 nitrogen and oxygen atoms in total. The summed E-state index contributed by atoms with van der Waals surface area (Å²) >= 11 is 0. The number of benzene rings is 1. The minimum atomic E-state index is -3.80.